The molecule has 0 aliphatic rings. The molecule has 0 aliphatic heterocycles. The second-order valence-corrected chi connectivity index (χ2v) is 5.17. The number of benzene rings is 1. The van der Waals surface area contributed by atoms with Gasteiger partial charge in [-0.2, -0.15) is 0 Å². The molecular formula is C16H18N2O2S. The third kappa shape index (κ3) is 3.98. The van der Waals surface area contributed by atoms with Gasteiger partial charge in [0.05, 0.1) is 12.7 Å². The van der Waals surface area contributed by atoms with Crippen molar-refractivity contribution in [3.05, 3.63) is 53.7 Å². The molecule has 0 saturated heterocycles. The lowest BCUT2D eigenvalue weighted by Gasteiger charge is -2.10. The van der Waals surface area contributed by atoms with Crippen LogP contribution in [0.2, 0.25) is 0 Å². The second kappa shape index (κ2) is 7.69. The summed E-state index contributed by atoms with van der Waals surface area (Å²) in [6, 6.07) is 11.4. The quantitative estimate of drug-likeness (QED) is 0.834. The van der Waals surface area contributed by atoms with Crippen LogP contribution in [0.15, 0.2) is 47.6 Å². The molecule has 21 heavy (non-hydrogen) atoms. The van der Waals surface area contributed by atoms with Crippen LogP contribution in [-0.4, -0.2) is 30.8 Å². The predicted octanol–water partition coefficient (Wildman–Crippen LogP) is 2.78. The number of nitrogens with zero attached hydrogens (tertiary/aromatic N) is 1. The minimum atomic E-state index is -0.0950. The number of nitrogens with one attached hydrogen (secondary N) is 1. The van der Waals surface area contributed by atoms with Gasteiger partial charge in [-0.25, -0.2) is 4.98 Å². The summed E-state index contributed by atoms with van der Waals surface area (Å²) >= 11 is 1.47. The van der Waals surface area contributed by atoms with Crippen molar-refractivity contribution >= 4 is 17.7 Å². The summed E-state index contributed by atoms with van der Waals surface area (Å²) in [7, 11) is 1.65. The van der Waals surface area contributed by atoms with Gasteiger partial charge in [-0.3, -0.25) is 4.79 Å². The number of rotatable bonds is 6. The van der Waals surface area contributed by atoms with Crippen LogP contribution in [0.5, 0.6) is 5.75 Å². The molecule has 0 atom stereocenters. The molecule has 5 heteroatoms. The first-order valence-corrected chi connectivity index (χ1v) is 7.88. The van der Waals surface area contributed by atoms with E-state index in [0.717, 1.165) is 22.8 Å². The van der Waals surface area contributed by atoms with E-state index in [4.69, 9.17) is 4.74 Å². The van der Waals surface area contributed by atoms with Crippen LogP contribution in [0.3, 0.4) is 0 Å². The normalized spacial score (nSPS) is 10.2. The Morgan fingerprint density at radius 3 is 2.86 bits per heavy atom. The maximum absolute atomic E-state index is 12.2. The SMILES string of the molecule is COc1ccccc1CCNC(=O)c1cccnc1SC. The zero-order chi connectivity index (χ0) is 15.1. The van der Waals surface area contributed by atoms with Crippen LogP contribution in [0, 0.1) is 0 Å². The van der Waals surface area contributed by atoms with Gasteiger partial charge in [-0.15, -0.1) is 11.8 Å². The minimum absolute atomic E-state index is 0.0950. The summed E-state index contributed by atoms with van der Waals surface area (Å²) in [5.74, 6) is 0.750. The van der Waals surface area contributed by atoms with E-state index in [1.54, 1.807) is 25.4 Å². The largest absolute Gasteiger partial charge is 0.496 e. The Morgan fingerprint density at radius 2 is 2.10 bits per heavy atom. The molecule has 0 saturated carbocycles. The number of thioether (sulfide) groups is 1. The van der Waals surface area contributed by atoms with E-state index in [-0.39, 0.29) is 5.91 Å². The number of ether oxygens (including phenoxy) is 1. The molecule has 1 aromatic carbocycles. The highest BCUT2D eigenvalue weighted by Crippen LogP contribution is 2.18. The van der Waals surface area contributed by atoms with E-state index in [9.17, 15) is 4.79 Å². The lowest BCUT2D eigenvalue weighted by Crippen LogP contribution is -2.26. The molecule has 0 aliphatic carbocycles. The van der Waals surface area contributed by atoms with Crippen LogP contribution < -0.4 is 10.1 Å². The van der Waals surface area contributed by atoms with Crippen molar-refractivity contribution in [1.82, 2.24) is 10.3 Å². The van der Waals surface area contributed by atoms with Crippen molar-refractivity contribution in [2.45, 2.75) is 11.4 Å². The summed E-state index contributed by atoms with van der Waals surface area (Å²) in [6.07, 6.45) is 4.33. The summed E-state index contributed by atoms with van der Waals surface area (Å²) < 4.78 is 5.30. The molecule has 1 N–H and O–H groups in total. The van der Waals surface area contributed by atoms with E-state index < -0.39 is 0 Å². The van der Waals surface area contributed by atoms with Crippen molar-refractivity contribution in [3.63, 3.8) is 0 Å². The molecule has 4 nitrogen and oxygen atoms in total. The molecule has 1 heterocycles. The average Bonchev–Trinajstić information content (AvgIpc) is 2.55. The topological polar surface area (TPSA) is 51.2 Å². The Labute approximate surface area is 128 Å². The van der Waals surface area contributed by atoms with Gasteiger partial charge in [0.15, 0.2) is 0 Å². The highest BCUT2D eigenvalue weighted by atomic mass is 32.2. The van der Waals surface area contributed by atoms with Crippen molar-refractivity contribution < 1.29 is 9.53 Å². The van der Waals surface area contributed by atoms with Gasteiger partial charge < -0.3 is 10.1 Å². The number of methoxy groups -OCH3 is 1. The number of hydrogen-bond donors (Lipinski definition) is 1. The number of carbonyl (C=O) groups excluding carboxylic acids is 1. The fraction of sp³-hybridized carbons (Fsp3) is 0.250. The minimum Gasteiger partial charge on any atom is -0.496 e. The fourth-order valence-electron chi connectivity index (χ4n) is 2.04. The van der Waals surface area contributed by atoms with E-state index in [0.29, 0.717) is 12.1 Å². The second-order valence-electron chi connectivity index (χ2n) is 4.38. The zero-order valence-corrected chi connectivity index (χ0v) is 12.9. The Kier molecular flexibility index (Phi) is 5.63. The first-order chi connectivity index (χ1) is 10.3. The number of amides is 1. The van der Waals surface area contributed by atoms with Crippen LogP contribution >= 0.6 is 11.8 Å². The van der Waals surface area contributed by atoms with Gasteiger partial charge in [0.2, 0.25) is 0 Å². The Bertz CT molecular complexity index is 617. The van der Waals surface area contributed by atoms with E-state index >= 15 is 0 Å². The average molecular weight is 302 g/mol. The first kappa shape index (κ1) is 15.4. The molecule has 0 fully saturated rings. The molecule has 0 unspecified atom stereocenters. The predicted molar refractivity (Wildman–Crippen MR) is 85.0 cm³/mol. The third-order valence-corrected chi connectivity index (χ3v) is 3.79. The van der Waals surface area contributed by atoms with Crippen molar-refractivity contribution in [3.8, 4) is 5.75 Å². The molecule has 1 aromatic heterocycles. The van der Waals surface area contributed by atoms with Crippen LogP contribution in [0.25, 0.3) is 0 Å². The molecular weight excluding hydrogens is 284 g/mol. The number of hydrogen-bond acceptors (Lipinski definition) is 4. The molecule has 1 amide bonds. The highest BCUT2D eigenvalue weighted by Gasteiger charge is 2.11. The lowest BCUT2D eigenvalue weighted by molar-refractivity contribution is 0.0950. The third-order valence-electron chi connectivity index (χ3n) is 3.08. The van der Waals surface area contributed by atoms with Crippen LogP contribution in [-0.2, 0) is 6.42 Å². The van der Waals surface area contributed by atoms with Gasteiger partial charge in [-0.05, 0) is 36.4 Å². The van der Waals surface area contributed by atoms with Gasteiger partial charge in [0.25, 0.3) is 5.91 Å². The monoisotopic (exact) mass is 302 g/mol. The molecule has 2 aromatic rings. The summed E-state index contributed by atoms with van der Waals surface area (Å²) in [5.41, 5.74) is 1.70. The highest BCUT2D eigenvalue weighted by molar-refractivity contribution is 7.98. The number of pyridine rings is 1. The summed E-state index contributed by atoms with van der Waals surface area (Å²) in [4.78, 5) is 16.4. The molecule has 0 radical (unpaired) electrons. The molecule has 0 bridgehead atoms. The van der Waals surface area contributed by atoms with Gasteiger partial charge in [0, 0.05) is 12.7 Å². The first-order valence-electron chi connectivity index (χ1n) is 6.65. The fourth-order valence-corrected chi connectivity index (χ4v) is 2.59. The van der Waals surface area contributed by atoms with Crippen molar-refractivity contribution in [1.29, 1.82) is 0 Å². The van der Waals surface area contributed by atoms with Gasteiger partial charge >= 0.3 is 0 Å². The lowest BCUT2D eigenvalue weighted by atomic mass is 10.1. The Balaban J connectivity index is 1.95. The number of para-hydroxylation sites is 1. The Hall–Kier alpha value is -2.01. The maximum Gasteiger partial charge on any atom is 0.254 e. The number of aromatic nitrogens is 1. The van der Waals surface area contributed by atoms with E-state index in [1.807, 2.05) is 30.5 Å². The zero-order valence-electron chi connectivity index (χ0n) is 12.1. The Morgan fingerprint density at radius 1 is 1.29 bits per heavy atom. The van der Waals surface area contributed by atoms with Crippen molar-refractivity contribution in [2.24, 2.45) is 0 Å². The van der Waals surface area contributed by atoms with Gasteiger partial charge in [-0.1, -0.05) is 18.2 Å². The van der Waals surface area contributed by atoms with E-state index in [2.05, 4.69) is 10.3 Å². The summed E-state index contributed by atoms with van der Waals surface area (Å²) in [6.45, 7) is 0.557. The smallest absolute Gasteiger partial charge is 0.254 e. The standard InChI is InChI=1S/C16H18N2O2S/c1-20-14-8-4-3-6-12(14)9-11-17-15(19)13-7-5-10-18-16(13)21-2/h3-8,10H,9,11H2,1-2H3,(H,17,19). The molecule has 110 valence electrons. The summed E-state index contributed by atoms with van der Waals surface area (Å²) in [5, 5.41) is 3.67. The molecule has 2 rings (SSSR count). The van der Waals surface area contributed by atoms with Crippen LogP contribution in [0.4, 0.5) is 0 Å². The van der Waals surface area contributed by atoms with Crippen LogP contribution in [0.1, 0.15) is 15.9 Å². The van der Waals surface area contributed by atoms with E-state index in [1.165, 1.54) is 11.8 Å². The maximum atomic E-state index is 12.2. The number of carbonyl (C=O) groups is 1. The van der Waals surface area contributed by atoms with Crippen molar-refractivity contribution in [2.75, 3.05) is 19.9 Å². The van der Waals surface area contributed by atoms with Gasteiger partial charge in [0.1, 0.15) is 10.8 Å². The molecule has 0 spiro atoms.